The fraction of sp³-hybridized carbons (Fsp3) is 0.500. The summed E-state index contributed by atoms with van der Waals surface area (Å²) in [7, 11) is -1.66. The number of allylic oxidation sites excluding steroid dienone is 1. The normalized spacial score (nSPS) is 14.0. The van der Waals surface area contributed by atoms with E-state index in [9.17, 15) is 0 Å². The van der Waals surface area contributed by atoms with E-state index in [1.165, 1.54) is 5.54 Å². The molecule has 0 N–H and O–H groups in total. The molecule has 4 heteroatoms. The Balaban J connectivity index is 2.98. The molecule has 0 amide bonds. The van der Waals surface area contributed by atoms with E-state index in [1.54, 1.807) is 6.26 Å². The SMILES string of the molecule is CC(C)(/C(=C/Cl)O[Si](C)(C)C)c1ccco1. The van der Waals surface area contributed by atoms with E-state index in [-0.39, 0.29) is 5.41 Å². The monoisotopic (exact) mass is 258 g/mol. The van der Waals surface area contributed by atoms with E-state index in [4.69, 9.17) is 20.4 Å². The first-order chi connectivity index (χ1) is 7.27. The molecule has 0 aliphatic carbocycles. The number of hydrogen-bond donors (Lipinski definition) is 0. The van der Waals surface area contributed by atoms with Gasteiger partial charge in [-0.05, 0) is 45.6 Å². The Morgan fingerprint density at radius 1 is 1.44 bits per heavy atom. The molecule has 0 bridgehead atoms. The Kier molecular flexibility index (Phi) is 3.91. The van der Waals surface area contributed by atoms with Crippen LogP contribution in [0.15, 0.2) is 34.1 Å². The zero-order valence-electron chi connectivity index (χ0n) is 10.5. The number of hydrogen-bond acceptors (Lipinski definition) is 2. The van der Waals surface area contributed by atoms with E-state index < -0.39 is 8.32 Å². The second kappa shape index (κ2) is 4.68. The van der Waals surface area contributed by atoms with Crippen molar-refractivity contribution in [2.75, 3.05) is 0 Å². The number of halogens is 1. The first-order valence-corrected chi connectivity index (χ1v) is 9.15. The Labute approximate surface area is 103 Å². The quantitative estimate of drug-likeness (QED) is 0.587. The minimum Gasteiger partial charge on any atom is -0.546 e. The summed E-state index contributed by atoms with van der Waals surface area (Å²) in [6.45, 7) is 10.5. The molecule has 0 aliphatic heterocycles. The summed E-state index contributed by atoms with van der Waals surface area (Å²) in [5.74, 6) is 1.63. The van der Waals surface area contributed by atoms with Gasteiger partial charge in [-0.25, -0.2) is 0 Å². The molecule has 0 radical (unpaired) electrons. The van der Waals surface area contributed by atoms with Crippen molar-refractivity contribution in [2.24, 2.45) is 0 Å². The summed E-state index contributed by atoms with van der Waals surface area (Å²) in [5.41, 5.74) is 1.19. The van der Waals surface area contributed by atoms with Gasteiger partial charge >= 0.3 is 0 Å². The molecule has 0 atom stereocenters. The van der Waals surface area contributed by atoms with Crippen molar-refractivity contribution in [2.45, 2.75) is 38.9 Å². The highest BCUT2D eigenvalue weighted by atomic mass is 35.5. The predicted octanol–water partition coefficient (Wildman–Crippen LogP) is 4.49. The largest absolute Gasteiger partial charge is 0.546 e. The van der Waals surface area contributed by atoms with E-state index >= 15 is 0 Å². The number of rotatable bonds is 4. The number of furan rings is 1. The molecule has 2 nitrogen and oxygen atoms in total. The average Bonchev–Trinajstić information content (AvgIpc) is 2.65. The molecule has 0 aliphatic rings. The summed E-state index contributed by atoms with van der Waals surface area (Å²) in [6, 6.07) is 3.81. The van der Waals surface area contributed by atoms with E-state index in [2.05, 4.69) is 19.6 Å². The van der Waals surface area contributed by atoms with Crippen LogP contribution in [0.1, 0.15) is 19.6 Å². The van der Waals surface area contributed by atoms with Crippen LogP contribution in [0.2, 0.25) is 19.6 Å². The van der Waals surface area contributed by atoms with Crippen LogP contribution in [0.4, 0.5) is 0 Å². The Hall–Kier alpha value is -0.673. The van der Waals surface area contributed by atoms with E-state index in [1.807, 2.05) is 26.0 Å². The van der Waals surface area contributed by atoms with Crippen molar-refractivity contribution in [3.05, 3.63) is 35.5 Å². The Morgan fingerprint density at radius 3 is 2.44 bits per heavy atom. The minimum absolute atomic E-state index is 0.328. The Morgan fingerprint density at radius 2 is 2.06 bits per heavy atom. The molecule has 0 saturated carbocycles. The molecule has 90 valence electrons. The second-order valence-electron chi connectivity index (χ2n) is 5.29. The molecule has 1 aromatic heterocycles. The lowest BCUT2D eigenvalue weighted by molar-refractivity contribution is 0.300. The first-order valence-electron chi connectivity index (χ1n) is 5.31. The standard InChI is InChI=1S/C12H19ClO2Si/c1-12(2,10-7-6-8-14-10)11(9-13)15-16(3,4)5/h6-9H,1-5H3/b11-9-. The molecule has 0 saturated heterocycles. The van der Waals surface area contributed by atoms with Crippen LogP contribution < -0.4 is 0 Å². The summed E-state index contributed by atoms with van der Waals surface area (Å²) in [6.07, 6.45) is 1.66. The topological polar surface area (TPSA) is 22.4 Å². The van der Waals surface area contributed by atoms with Gasteiger partial charge in [-0.15, -0.1) is 0 Å². The zero-order valence-corrected chi connectivity index (χ0v) is 12.3. The van der Waals surface area contributed by atoms with Gasteiger partial charge in [0.15, 0.2) is 0 Å². The lowest BCUT2D eigenvalue weighted by Gasteiger charge is -2.31. The second-order valence-corrected chi connectivity index (χ2v) is 9.94. The van der Waals surface area contributed by atoms with Crippen LogP contribution >= 0.6 is 11.6 Å². The highest BCUT2D eigenvalue weighted by Gasteiger charge is 2.33. The molecule has 1 heterocycles. The maximum Gasteiger partial charge on any atom is 0.241 e. The Bertz CT molecular complexity index is 361. The van der Waals surface area contributed by atoms with Crippen LogP contribution in [-0.4, -0.2) is 8.32 Å². The van der Waals surface area contributed by atoms with Gasteiger partial charge in [-0.2, -0.15) is 0 Å². The van der Waals surface area contributed by atoms with Crippen molar-refractivity contribution in [1.29, 1.82) is 0 Å². The molecule has 16 heavy (non-hydrogen) atoms. The molecule has 1 rings (SSSR count). The predicted molar refractivity (Wildman–Crippen MR) is 70.1 cm³/mol. The van der Waals surface area contributed by atoms with Crippen LogP contribution in [0.25, 0.3) is 0 Å². The minimum atomic E-state index is -1.66. The summed E-state index contributed by atoms with van der Waals surface area (Å²) in [5, 5.41) is 0. The maximum absolute atomic E-state index is 5.98. The van der Waals surface area contributed by atoms with Gasteiger partial charge in [0.1, 0.15) is 11.5 Å². The van der Waals surface area contributed by atoms with Crippen LogP contribution in [0, 0.1) is 0 Å². The third-order valence-corrected chi connectivity index (χ3v) is 3.30. The van der Waals surface area contributed by atoms with Crippen molar-refractivity contribution < 1.29 is 8.84 Å². The van der Waals surface area contributed by atoms with Gasteiger partial charge in [0.2, 0.25) is 8.32 Å². The smallest absolute Gasteiger partial charge is 0.241 e. The fourth-order valence-electron chi connectivity index (χ4n) is 1.37. The van der Waals surface area contributed by atoms with Gasteiger partial charge in [0, 0.05) is 5.54 Å². The third-order valence-electron chi connectivity index (χ3n) is 2.27. The van der Waals surface area contributed by atoms with Crippen LogP contribution in [0.5, 0.6) is 0 Å². The van der Waals surface area contributed by atoms with Gasteiger partial charge in [0.05, 0.1) is 11.7 Å². The van der Waals surface area contributed by atoms with Crippen LogP contribution in [0.3, 0.4) is 0 Å². The lowest BCUT2D eigenvalue weighted by Crippen LogP contribution is -2.32. The van der Waals surface area contributed by atoms with E-state index in [0.717, 1.165) is 11.5 Å². The summed E-state index contributed by atoms with van der Waals surface area (Å²) < 4.78 is 11.4. The van der Waals surface area contributed by atoms with E-state index in [0.29, 0.717) is 0 Å². The fourth-order valence-corrected chi connectivity index (χ4v) is 2.74. The van der Waals surface area contributed by atoms with Gasteiger partial charge < -0.3 is 8.84 Å². The van der Waals surface area contributed by atoms with Crippen molar-refractivity contribution in [3.8, 4) is 0 Å². The maximum atomic E-state index is 5.98. The lowest BCUT2D eigenvalue weighted by atomic mass is 9.89. The molecule has 1 aromatic rings. The average molecular weight is 259 g/mol. The van der Waals surface area contributed by atoms with Crippen molar-refractivity contribution in [3.63, 3.8) is 0 Å². The molecular formula is C12H19ClO2Si. The molecule has 0 fully saturated rings. The van der Waals surface area contributed by atoms with Crippen LogP contribution in [-0.2, 0) is 9.84 Å². The first kappa shape index (κ1) is 13.4. The summed E-state index contributed by atoms with van der Waals surface area (Å²) in [4.78, 5) is 0. The molecule has 0 aromatic carbocycles. The van der Waals surface area contributed by atoms with Gasteiger partial charge in [0.25, 0.3) is 0 Å². The van der Waals surface area contributed by atoms with Crippen molar-refractivity contribution >= 4 is 19.9 Å². The van der Waals surface area contributed by atoms with Gasteiger partial charge in [-0.1, -0.05) is 11.6 Å². The molecule has 0 unspecified atom stereocenters. The highest BCUT2D eigenvalue weighted by Crippen LogP contribution is 2.34. The third kappa shape index (κ3) is 3.16. The zero-order chi connectivity index (χ0) is 12.4. The molecular weight excluding hydrogens is 240 g/mol. The van der Waals surface area contributed by atoms with Crippen molar-refractivity contribution in [1.82, 2.24) is 0 Å². The molecule has 0 spiro atoms. The summed E-state index contributed by atoms with van der Waals surface area (Å²) >= 11 is 5.87. The van der Waals surface area contributed by atoms with Gasteiger partial charge in [-0.3, -0.25) is 0 Å². The highest BCUT2D eigenvalue weighted by molar-refractivity contribution is 6.70.